The van der Waals surface area contributed by atoms with E-state index in [0.717, 1.165) is 6.42 Å². The SMILES string of the molecule is CC(C)CCOCCS(=O)C(C)C(=O)O. The average molecular weight is 236 g/mol. The first-order valence-corrected chi connectivity index (χ1v) is 6.51. The zero-order chi connectivity index (χ0) is 11.8. The van der Waals surface area contributed by atoms with Gasteiger partial charge in [0.1, 0.15) is 5.25 Å². The van der Waals surface area contributed by atoms with Crippen molar-refractivity contribution in [3.63, 3.8) is 0 Å². The highest BCUT2D eigenvalue weighted by Crippen LogP contribution is 2.00. The molecular formula is C10H20O4S. The van der Waals surface area contributed by atoms with Crippen molar-refractivity contribution in [2.75, 3.05) is 19.0 Å². The second-order valence-electron chi connectivity index (χ2n) is 3.86. The number of carboxylic acid groups (broad SMARTS) is 1. The van der Waals surface area contributed by atoms with Crippen LogP contribution in [0.15, 0.2) is 0 Å². The van der Waals surface area contributed by atoms with Crippen LogP contribution in [0.4, 0.5) is 0 Å². The van der Waals surface area contributed by atoms with E-state index in [2.05, 4.69) is 13.8 Å². The third-order valence-corrected chi connectivity index (χ3v) is 3.57. The molecule has 0 aromatic heterocycles. The van der Waals surface area contributed by atoms with Gasteiger partial charge in [-0.25, -0.2) is 0 Å². The van der Waals surface area contributed by atoms with Crippen LogP contribution in [0.3, 0.4) is 0 Å². The van der Waals surface area contributed by atoms with Crippen molar-refractivity contribution < 1.29 is 18.8 Å². The van der Waals surface area contributed by atoms with Gasteiger partial charge in [0.05, 0.1) is 6.61 Å². The molecule has 5 heteroatoms. The van der Waals surface area contributed by atoms with Gasteiger partial charge in [-0.3, -0.25) is 9.00 Å². The molecule has 0 saturated heterocycles. The summed E-state index contributed by atoms with van der Waals surface area (Å²) >= 11 is 0. The molecule has 0 bridgehead atoms. The second-order valence-corrected chi connectivity index (χ2v) is 5.74. The summed E-state index contributed by atoms with van der Waals surface area (Å²) in [6.07, 6.45) is 0.973. The zero-order valence-corrected chi connectivity index (χ0v) is 10.4. The Morgan fingerprint density at radius 1 is 1.33 bits per heavy atom. The van der Waals surface area contributed by atoms with Gasteiger partial charge in [-0.1, -0.05) is 13.8 Å². The summed E-state index contributed by atoms with van der Waals surface area (Å²) in [4.78, 5) is 10.5. The smallest absolute Gasteiger partial charge is 0.318 e. The average Bonchev–Trinajstić information content (AvgIpc) is 2.15. The Balaban J connectivity index is 3.51. The highest BCUT2D eigenvalue weighted by atomic mass is 32.2. The molecule has 2 atom stereocenters. The van der Waals surface area contributed by atoms with Crippen LogP contribution in [-0.2, 0) is 20.3 Å². The topological polar surface area (TPSA) is 63.6 Å². The highest BCUT2D eigenvalue weighted by molar-refractivity contribution is 7.86. The number of ether oxygens (including phenoxy) is 1. The van der Waals surface area contributed by atoms with Crippen LogP contribution in [-0.4, -0.2) is 39.5 Å². The first-order valence-electron chi connectivity index (χ1n) is 5.13. The minimum atomic E-state index is -1.33. The maximum atomic E-state index is 11.3. The highest BCUT2D eigenvalue weighted by Gasteiger charge is 2.18. The minimum absolute atomic E-state index is 0.297. The molecular weight excluding hydrogens is 216 g/mol. The molecule has 0 heterocycles. The van der Waals surface area contributed by atoms with Crippen molar-refractivity contribution in [2.45, 2.75) is 32.4 Å². The molecule has 0 radical (unpaired) electrons. The normalized spacial score (nSPS) is 15.2. The van der Waals surface area contributed by atoms with Crippen molar-refractivity contribution in [3.05, 3.63) is 0 Å². The van der Waals surface area contributed by atoms with Crippen LogP contribution in [0.25, 0.3) is 0 Å². The molecule has 0 aliphatic heterocycles. The van der Waals surface area contributed by atoms with E-state index in [9.17, 15) is 9.00 Å². The molecule has 90 valence electrons. The third-order valence-electron chi connectivity index (χ3n) is 2.01. The van der Waals surface area contributed by atoms with Gasteiger partial charge in [-0.05, 0) is 19.3 Å². The molecule has 15 heavy (non-hydrogen) atoms. The van der Waals surface area contributed by atoms with E-state index in [1.807, 2.05) is 0 Å². The maximum Gasteiger partial charge on any atom is 0.318 e. The van der Waals surface area contributed by atoms with E-state index < -0.39 is 22.0 Å². The van der Waals surface area contributed by atoms with E-state index in [1.165, 1.54) is 6.92 Å². The number of carboxylic acids is 1. The molecule has 0 aliphatic carbocycles. The summed E-state index contributed by atoms with van der Waals surface area (Å²) in [6.45, 7) is 6.68. The molecule has 0 amide bonds. The van der Waals surface area contributed by atoms with Crippen LogP contribution < -0.4 is 0 Å². The Kier molecular flexibility index (Phi) is 7.60. The largest absolute Gasteiger partial charge is 0.480 e. The Labute approximate surface area is 93.5 Å². The monoisotopic (exact) mass is 236 g/mol. The number of hydrogen-bond donors (Lipinski definition) is 1. The molecule has 0 aliphatic rings. The predicted molar refractivity (Wildman–Crippen MR) is 60.4 cm³/mol. The molecule has 0 aromatic carbocycles. The molecule has 0 rings (SSSR count). The van der Waals surface area contributed by atoms with Gasteiger partial charge in [-0.2, -0.15) is 0 Å². The Morgan fingerprint density at radius 3 is 2.40 bits per heavy atom. The lowest BCUT2D eigenvalue weighted by Crippen LogP contribution is -2.25. The standard InChI is InChI=1S/C10H20O4S/c1-8(2)4-5-14-6-7-15(13)9(3)10(11)12/h8-9H,4-7H2,1-3H3,(H,11,12). The first kappa shape index (κ1) is 14.6. The molecule has 0 saturated carbocycles. The predicted octanol–water partition coefficient (Wildman–Crippen LogP) is 1.27. The van der Waals surface area contributed by atoms with Gasteiger partial charge in [-0.15, -0.1) is 0 Å². The molecule has 1 N–H and O–H groups in total. The van der Waals surface area contributed by atoms with Crippen LogP contribution >= 0.6 is 0 Å². The number of carbonyl (C=O) groups is 1. The van der Waals surface area contributed by atoms with E-state index in [-0.39, 0.29) is 0 Å². The lowest BCUT2D eigenvalue weighted by atomic mass is 10.1. The Hall–Kier alpha value is -0.420. The summed E-state index contributed by atoms with van der Waals surface area (Å²) in [5.74, 6) is -0.130. The fourth-order valence-electron chi connectivity index (χ4n) is 0.851. The summed E-state index contributed by atoms with van der Waals surface area (Å²) < 4.78 is 16.6. The van der Waals surface area contributed by atoms with E-state index in [0.29, 0.717) is 24.9 Å². The molecule has 0 spiro atoms. The lowest BCUT2D eigenvalue weighted by molar-refractivity contribution is -0.136. The Bertz CT molecular complexity index is 215. The molecule has 0 fully saturated rings. The van der Waals surface area contributed by atoms with Gasteiger partial charge in [0.25, 0.3) is 0 Å². The van der Waals surface area contributed by atoms with Crippen molar-refractivity contribution in [1.29, 1.82) is 0 Å². The van der Waals surface area contributed by atoms with Gasteiger partial charge in [0.15, 0.2) is 0 Å². The van der Waals surface area contributed by atoms with Crippen molar-refractivity contribution in [2.24, 2.45) is 5.92 Å². The van der Waals surface area contributed by atoms with Crippen LogP contribution in [0.1, 0.15) is 27.2 Å². The number of aliphatic carboxylic acids is 1. The molecule has 4 nitrogen and oxygen atoms in total. The molecule has 0 aromatic rings. The maximum absolute atomic E-state index is 11.3. The van der Waals surface area contributed by atoms with Crippen LogP contribution in [0.2, 0.25) is 0 Å². The quantitative estimate of drug-likeness (QED) is 0.645. The summed E-state index contributed by atoms with van der Waals surface area (Å²) in [5.41, 5.74) is 0. The minimum Gasteiger partial charge on any atom is -0.480 e. The van der Waals surface area contributed by atoms with Gasteiger partial charge in [0, 0.05) is 23.2 Å². The van der Waals surface area contributed by atoms with E-state index in [1.54, 1.807) is 0 Å². The number of rotatable bonds is 8. The van der Waals surface area contributed by atoms with Crippen molar-refractivity contribution in [3.8, 4) is 0 Å². The van der Waals surface area contributed by atoms with E-state index in [4.69, 9.17) is 9.84 Å². The van der Waals surface area contributed by atoms with E-state index >= 15 is 0 Å². The molecule has 2 unspecified atom stereocenters. The summed E-state index contributed by atoms with van der Waals surface area (Å²) in [6, 6.07) is 0. The zero-order valence-electron chi connectivity index (χ0n) is 9.56. The summed E-state index contributed by atoms with van der Waals surface area (Å²) in [7, 11) is -1.33. The second kappa shape index (κ2) is 7.82. The van der Waals surface area contributed by atoms with Crippen molar-refractivity contribution in [1.82, 2.24) is 0 Å². The van der Waals surface area contributed by atoms with Crippen LogP contribution in [0.5, 0.6) is 0 Å². The fraction of sp³-hybridized carbons (Fsp3) is 0.900. The van der Waals surface area contributed by atoms with Crippen molar-refractivity contribution >= 4 is 16.8 Å². The van der Waals surface area contributed by atoms with Gasteiger partial charge < -0.3 is 9.84 Å². The summed E-state index contributed by atoms with van der Waals surface area (Å²) in [5, 5.41) is 7.79. The third kappa shape index (κ3) is 7.50. The fourth-order valence-corrected chi connectivity index (χ4v) is 1.71. The van der Waals surface area contributed by atoms with Gasteiger partial charge >= 0.3 is 5.97 Å². The lowest BCUT2D eigenvalue weighted by Gasteiger charge is -2.08. The number of hydrogen-bond acceptors (Lipinski definition) is 3. The first-order chi connectivity index (χ1) is 6.95. The Morgan fingerprint density at radius 2 is 1.93 bits per heavy atom. The van der Waals surface area contributed by atoms with Gasteiger partial charge in [0.2, 0.25) is 0 Å². The van der Waals surface area contributed by atoms with Crippen LogP contribution in [0, 0.1) is 5.92 Å².